The summed E-state index contributed by atoms with van der Waals surface area (Å²) in [7, 11) is 1.35. The van der Waals surface area contributed by atoms with Crippen LogP contribution in [0.25, 0.3) is 22.2 Å². The first kappa shape index (κ1) is 13.2. The third kappa shape index (κ3) is 2.48. The Labute approximate surface area is 122 Å². The highest BCUT2D eigenvalue weighted by molar-refractivity contribution is 5.90. The van der Waals surface area contributed by atoms with Crippen molar-refractivity contribution in [3.05, 3.63) is 59.9 Å². The Morgan fingerprint density at radius 3 is 2.57 bits per heavy atom. The molecule has 0 atom stereocenters. The van der Waals surface area contributed by atoms with Gasteiger partial charge in [0.05, 0.1) is 18.4 Å². The maximum atomic E-state index is 11.6. The number of nitrogens with zero attached hydrogens (tertiary/aromatic N) is 2. The highest BCUT2D eigenvalue weighted by Crippen LogP contribution is 2.22. The molecule has 1 aromatic heterocycles. The molecule has 0 aliphatic carbocycles. The molecule has 4 heteroatoms. The number of esters is 1. The van der Waals surface area contributed by atoms with Crippen LogP contribution in [-0.4, -0.2) is 23.0 Å². The van der Waals surface area contributed by atoms with Crippen LogP contribution in [-0.2, 0) is 4.74 Å². The van der Waals surface area contributed by atoms with Crippen LogP contribution in [0.2, 0.25) is 0 Å². The average molecular weight is 278 g/mol. The molecule has 0 amide bonds. The summed E-state index contributed by atoms with van der Waals surface area (Å²) in [6.45, 7) is 1.78. The van der Waals surface area contributed by atoms with E-state index in [1.165, 1.54) is 18.7 Å². The van der Waals surface area contributed by atoms with E-state index in [9.17, 15) is 4.79 Å². The van der Waals surface area contributed by atoms with Crippen LogP contribution in [0.3, 0.4) is 0 Å². The van der Waals surface area contributed by atoms with Crippen LogP contribution >= 0.6 is 0 Å². The minimum absolute atomic E-state index is 0.391. The smallest absolute Gasteiger partial charge is 0.341 e. The van der Waals surface area contributed by atoms with E-state index in [4.69, 9.17) is 4.74 Å². The molecular formula is C17H14N2O2. The van der Waals surface area contributed by atoms with Crippen molar-refractivity contribution in [3.63, 3.8) is 0 Å². The summed E-state index contributed by atoms with van der Waals surface area (Å²) < 4.78 is 4.70. The maximum absolute atomic E-state index is 11.6. The Morgan fingerprint density at radius 1 is 1.10 bits per heavy atom. The summed E-state index contributed by atoms with van der Waals surface area (Å²) in [4.78, 5) is 20.2. The fourth-order valence-corrected chi connectivity index (χ4v) is 2.24. The topological polar surface area (TPSA) is 52.1 Å². The molecule has 4 nitrogen and oxygen atoms in total. The van der Waals surface area contributed by atoms with Gasteiger partial charge < -0.3 is 4.74 Å². The SMILES string of the molecule is COC(=O)c1cnc(-c2ccc3ccccc3c2)nc1C. The van der Waals surface area contributed by atoms with Crippen LogP contribution in [0.4, 0.5) is 0 Å². The van der Waals surface area contributed by atoms with E-state index in [0.29, 0.717) is 17.1 Å². The number of aryl methyl sites for hydroxylation is 1. The first-order valence-electron chi connectivity index (χ1n) is 6.60. The van der Waals surface area contributed by atoms with E-state index in [-0.39, 0.29) is 0 Å². The summed E-state index contributed by atoms with van der Waals surface area (Å²) in [5, 5.41) is 2.30. The lowest BCUT2D eigenvalue weighted by atomic mass is 10.1. The molecule has 0 spiro atoms. The third-order valence-electron chi connectivity index (χ3n) is 3.39. The van der Waals surface area contributed by atoms with Crippen molar-refractivity contribution in [1.29, 1.82) is 0 Å². The van der Waals surface area contributed by atoms with Gasteiger partial charge in [-0.25, -0.2) is 14.8 Å². The van der Waals surface area contributed by atoms with Crippen LogP contribution < -0.4 is 0 Å². The minimum Gasteiger partial charge on any atom is -0.465 e. The van der Waals surface area contributed by atoms with Gasteiger partial charge in [0, 0.05) is 11.8 Å². The predicted molar refractivity (Wildman–Crippen MR) is 81.1 cm³/mol. The summed E-state index contributed by atoms with van der Waals surface area (Å²) in [5.74, 6) is 0.184. The monoisotopic (exact) mass is 278 g/mol. The molecule has 2 aromatic carbocycles. The fourth-order valence-electron chi connectivity index (χ4n) is 2.24. The number of carbonyl (C=O) groups excluding carboxylic acids is 1. The van der Waals surface area contributed by atoms with Crippen molar-refractivity contribution in [2.24, 2.45) is 0 Å². The fraction of sp³-hybridized carbons (Fsp3) is 0.118. The molecule has 0 aliphatic heterocycles. The highest BCUT2D eigenvalue weighted by atomic mass is 16.5. The Kier molecular flexibility index (Phi) is 3.36. The van der Waals surface area contributed by atoms with Gasteiger partial charge in [0.2, 0.25) is 0 Å². The number of methoxy groups -OCH3 is 1. The van der Waals surface area contributed by atoms with Gasteiger partial charge in [-0.15, -0.1) is 0 Å². The molecule has 0 bridgehead atoms. The van der Waals surface area contributed by atoms with Crippen molar-refractivity contribution >= 4 is 16.7 Å². The Morgan fingerprint density at radius 2 is 1.86 bits per heavy atom. The Balaban J connectivity index is 2.06. The van der Waals surface area contributed by atoms with Crippen molar-refractivity contribution in [3.8, 4) is 11.4 Å². The van der Waals surface area contributed by atoms with E-state index in [1.54, 1.807) is 6.92 Å². The quantitative estimate of drug-likeness (QED) is 0.674. The zero-order chi connectivity index (χ0) is 14.8. The van der Waals surface area contributed by atoms with Gasteiger partial charge in [0.15, 0.2) is 5.82 Å². The van der Waals surface area contributed by atoms with Gasteiger partial charge in [0.1, 0.15) is 0 Å². The number of hydrogen-bond acceptors (Lipinski definition) is 4. The molecular weight excluding hydrogens is 264 g/mol. The van der Waals surface area contributed by atoms with Gasteiger partial charge in [0.25, 0.3) is 0 Å². The molecule has 0 radical (unpaired) electrons. The lowest BCUT2D eigenvalue weighted by Gasteiger charge is -2.06. The van der Waals surface area contributed by atoms with Crippen molar-refractivity contribution < 1.29 is 9.53 Å². The van der Waals surface area contributed by atoms with E-state index in [0.717, 1.165) is 10.9 Å². The van der Waals surface area contributed by atoms with E-state index in [1.807, 2.05) is 30.3 Å². The molecule has 0 saturated carbocycles. The zero-order valence-corrected chi connectivity index (χ0v) is 11.8. The second kappa shape index (κ2) is 5.32. The molecule has 3 aromatic rings. The Hall–Kier alpha value is -2.75. The van der Waals surface area contributed by atoms with Crippen LogP contribution in [0.5, 0.6) is 0 Å². The lowest BCUT2D eigenvalue weighted by molar-refractivity contribution is 0.0599. The van der Waals surface area contributed by atoms with Crippen molar-refractivity contribution in [2.75, 3.05) is 7.11 Å². The standard InChI is InChI=1S/C17H14N2O2/c1-11-15(17(20)21-2)10-18-16(19-11)14-8-7-12-5-3-4-6-13(12)9-14/h3-10H,1-2H3. The zero-order valence-electron chi connectivity index (χ0n) is 11.8. The summed E-state index contributed by atoms with van der Waals surface area (Å²) in [6, 6.07) is 14.2. The van der Waals surface area contributed by atoms with Gasteiger partial charge in [-0.05, 0) is 23.8 Å². The highest BCUT2D eigenvalue weighted by Gasteiger charge is 2.12. The summed E-state index contributed by atoms with van der Waals surface area (Å²) >= 11 is 0. The number of rotatable bonds is 2. The van der Waals surface area contributed by atoms with Crippen molar-refractivity contribution in [2.45, 2.75) is 6.92 Å². The molecule has 0 fully saturated rings. The molecule has 1 heterocycles. The number of fused-ring (bicyclic) bond motifs is 1. The van der Waals surface area contributed by atoms with Crippen LogP contribution in [0.15, 0.2) is 48.7 Å². The summed E-state index contributed by atoms with van der Waals surface area (Å²) in [6.07, 6.45) is 1.51. The van der Waals surface area contributed by atoms with Crippen molar-refractivity contribution in [1.82, 2.24) is 9.97 Å². The summed E-state index contributed by atoms with van der Waals surface area (Å²) in [5.41, 5.74) is 1.93. The number of ether oxygens (including phenoxy) is 1. The second-order valence-corrected chi connectivity index (χ2v) is 4.75. The molecule has 0 N–H and O–H groups in total. The van der Waals surface area contributed by atoms with Gasteiger partial charge in [-0.2, -0.15) is 0 Å². The van der Waals surface area contributed by atoms with Gasteiger partial charge in [-0.3, -0.25) is 0 Å². The second-order valence-electron chi connectivity index (χ2n) is 4.75. The lowest BCUT2D eigenvalue weighted by Crippen LogP contribution is -2.07. The number of aromatic nitrogens is 2. The molecule has 0 saturated heterocycles. The molecule has 0 aliphatic rings. The molecule has 104 valence electrons. The predicted octanol–water partition coefficient (Wildman–Crippen LogP) is 3.39. The number of hydrogen-bond donors (Lipinski definition) is 0. The molecule has 3 rings (SSSR count). The first-order chi connectivity index (χ1) is 10.2. The van der Waals surface area contributed by atoms with Gasteiger partial charge >= 0.3 is 5.97 Å². The Bertz CT molecular complexity index is 828. The van der Waals surface area contributed by atoms with Crippen LogP contribution in [0, 0.1) is 6.92 Å². The number of carbonyl (C=O) groups is 1. The maximum Gasteiger partial charge on any atom is 0.341 e. The average Bonchev–Trinajstić information content (AvgIpc) is 2.53. The van der Waals surface area contributed by atoms with E-state index < -0.39 is 5.97 Å². The number of benzene rings is 2. The van der Waals surface area contributed by atoms with Gasteiger partial charge in [-0.1, -0.05) is 36.4 Å². The molecule has 21 heavy (non-hydrogen) atoms. The largest absolute Gasteiger partial charge is 0.465 e. The first-order valence-corrected chi connectivity index (χ1v) is 6.60. The molecule has 0 unspecified atom stereocenters. The normalized spacial score (nSPS) is 10.6. The van der Waals surface area contributed by atoms with E-state index >= 15 is 0 Å². The third-order valence-corrected chi connectivity index (χ3v) is 3.39. The van der Waals surface area contributed by atoms with E-state index in [2.05, 4.69) is 22.1 Å². The van der Waals surface area contributed by atoms with Crippen LogP contribution in [0.1, 0.15) is 16.1 Å². The minimum atomic E-state index is -0.419.